The van der Waals surface area contributed by atoms with Crippen molar-refractivity contribution in [2.24, 2.45) is 0 Å². The number of hydrogen-bond donors (Lipinski definition) is 1. The molecule has 2 unspecified atom stereocenters. The van der Waals surface area contributed by atoms with Crippen LogP contribution < -0.4 is 0 Å². The van der Waals surface area contributed by atoms with E-state index in [1.54, 1.807) is 14.2 Å². The van der Waals surface area contributed by atoms with Gasteiger partial charge in [-0.05, 0) is 6.92 Å². The van der Waals surface area contributed by atoms with Crippen molar-refractivity contribution in [3.63, 3.8) is 0 Å². The van der Waals surface area contributed by atoms with Crippen LogP contribution >= 0.6 is 0 Å². The third-order valence-electron chi connectivity index (χ3n) is 2.62. The average Bonchev–Trinajstić information content (AvgIpc) is 2.42. The van der Waals surface area contributed by atoms with Crippen molar-refractivity contribution in [2.75, 3.05) is 14.2 Å². The van der Waals surface area contributed by atoms with Crippen LogP contribution in [0.4, 0.5) is 0 Å². The van der Waals surface area contributed by atoms with Gasteiger partial charge >= 0.3 is 0 Å². The summed E-state index contributed by atoms with van der Waals surface area (Å²) in [5.41, 5.74) is 0. The Morgan fingerprint density at radius 1 is 1.46 bits per heavy atom. The Hall–Kier alpha value is -0.0951. The molecule has 76 valence electrons. The maximum absolute atomic E-state index is 9.67. The van der Waals surface area contributed by atoms with Crippen molar-refractivity contribution < 1.29 is 19.3 Å². The Morgan fingerprint density at radius 3 is 2.54 bits per heavy atom. The second-order valence-corrected chi connectivity index (χ2v) is 3.44. The van der Waals surface area contributed by atoms with Crippen LogP contribution in [0.15, 0.2) is 0 Å². The number of aliphatic hydroxyl groups is 1. The van der Waals surface area contributed by atoms with Gasteiger partial charge in [-0.25, -0.2) is 0 Å². The number of ether oxygens (including phenoxy) is 3. The molecule has 4 nitrogen and oxygen atoms in total. The molecule has 0 aromatic heterocycles. The van der Waals surface area contributed by atoms with Crippen LogP contribution in [-0.4, -0.2) is 57.6 Å². The second kappa shape index (κ2) is 4.42. The van der Waals surface area contributed by atoms with E-state index in [4.69, 9.17) is 14.2 Å². The summed E-state index contributed by atoms with van der Waals surface area (Å²) in [6, 6.07) is -0.187. The average molecular weight is 188 g/mol. The fourth-order valence-electron chi connectivity index (χ4n) is 1.65. The first-order valence-electron chi connectivity index (χ1n) is 4.51. The highest BCUT2D eigenvalue weighted by Crippen LogP contribution is 2.25. The van der Waals surface area contributed by atoms with Gasteiger partial charge in [0, 0.05) is 14.2 Å². The third-order valence-corrected chi connectivity index (χ3v) is 2.62. The molecule has 1 fully saturated rings. The van der Waals surface area contributed by atoms with Gasteiger partial charge in [-0.1, -0.05) is 0 Å². The van der Waals surface area contributed by atoms with Crippen LogP contribution in [0, 0.1) is 0 Å². The van der Waals surface area contributed by atoms with E-state index in [9.17, 15) is 5.11 Å². The van der Waals surface area contributed by atoms with Crippen molar-refractivity contribution in [2.45, 2.75) is 37.3 Å². The molecule has 5 atom stereocenters. The molecule has 1 aliphatic heterocycles. The fourth-order valence-corrected chi connectivity index (χ4v) is 1.65. The zero-order chi connectivity index (χ0) is 10.0. The molecule has 13 heavy (non-hydrogen) atoms. The topological polar surface area (TPSA) is 47.9 Å². The van der Waals surface area contributed by atoms with Gasteiger partial charge in [0.1, 0.15) is 26.2 Å². The standard InChI is InChI=1S/C8H17BO4/c1-4(11-2)6-7(12-3)5(10)8(9)13-6/h4-8,10H,9H2,1-3H3/t4?,5-,6+,7?,8+/m0/s1. The second-order valence-electron chi connectivity index (χ2n) is 3.44. The van der Waals surface area contributed by atoms with E-state index in [1.807, 2.05) is 14.8 Å². The zero-order valence-corrected chi connectivity index (χ0v) is 8.56. The fraction of sp³-hybridized carbons (Fsp3) is 1.00. The summed E-state index contributed by atoms with van der Waals surface area (Å²) in [4.78, 5) is 0. The van der Waals surface area contributed by atoms with Crippen LogP contribution in [0.5, 0.6) is 0 Å². The van der Waals surface area contributed by atoms with Crippen molar-refractivity contribution >= 4 is 7.85 Å². The number of aliphatic hydroxyl groups excluding tert-OH is 1. The Labute approximate surface area is 79.6 Å². The molecule has 0 spiro atoms. The van der Waals surface area contributed by atoms with E-state index in [0.29, 0.717) is 0 Å². The normalized spacial score (nSPS) is 42.2. The van der Waals surface area contributed by atoms with Crippen LogP contribution in [0.25, 0.3) is 0 Å². The van der Waals surface area contributed by atoms with E-state index in [2.05, 4.69) is 0 Å². The molecule has 1 saturated heterocycles. The van der Waals surface area contributed by atoms with Gasteiger partial charge < -0.3 is 19.3 Å². The minimum Gasteiger partial charge on any atom is -0.388 e. The Morgan fingerprint density at radius 2 is 2.08 bits per heavy atom. The van der Waals surface area contributed by atoms with Gasteiger partial charge in [0.05, 0.1) is 12.1 Å². The first kappa shape index (κ1) is 11.0. The third kappa shape index (κ3) is 2.04. The molecule has 0 bridgehead atoms. The van der Waals surface area contributed by atoms with E-state index in [1.165, 1.54) is 0 Å². The van der Waals surface area contributed by atoms with Gasteiger partial charge in [-0.3, -0.25) is 0 Å². The molecule has 0 aromatic carbocycles. The Bertz CT molecular complexity index is 166. The first-order chi connectivity index (χ1) is 6.11. The largest absolute Gasteiger partial charge is 0.388 e. The lowest BCUT2D eigenvalue weighted by molar-refractivity contribution is -0.0756. The molecular formula is C8H17BO4. The maximum atomic E-state index is 9.67. The number of rotatable bonds is 3. The molecule has 0 amide bonds. The van der Waals surface area contributed by atoms with Crippen molar-refractivity contribution in [3.05, 3.63) is 0 Å². The molecular weight excluding hydrogens is 171 g/mol. The summed E-state index contributed by atoms with van der Waals surface area (Å²) in [5, 5.41) is 9.67. The molecule has 0 saturated carbocycles. The van der Waals surface area contributed by atoms with E-state index in [-0.39, 0.29) is 24.3 Å². The minimum atomic E-state index is -0.562. The smallest absolute Gasteiger partial charge is 0.142 e. The zero-order valence-electron chi connectivity index (χ0n) is 8.56. The van der Waals surface area contributed by atoms with Gasteiger partial charge in [-0.15, -0.1) is 0 Å². The molecule has 0 aliphatic carbocycles. The van der Waals surface area contributed by atoms with Crippen LogP contribution in [-0.2, 0) is 14.2 Å². The molecule has 1 heterocycles. The maximum Gasteiger partial charge on any atom is 0.142 e. The number of hydrogen-bond acceptors (Lipinski definition) is 4. The minimum absolute atomic E-state index is 0.0652. The highest BCUT2D eigenvalue weighted by Gasteiger charge is 2.44. The van der Waals surface area contributed by atoms with Gasteiger partial charge in [0.25, 0.3) is 0 Å². The SMILES string of the molecule is B[C@@H]1O[C@H](C(C)OC)C(OC)[C@@H]1O. The molecule has 0 aromatic rings. The molecule has 1 N–H and O–H groups in total. The summed E-state index contributed by atoms with van der Waals surface area (Å²) in [6.07, 6.45) is -1.10. The van der Waals surface area contributed by atoms with Gasteiger partial charge in [0.2, 0.25) is 0 Å². The summed E-state index contributed by atoms with van der Waals surface area (Å²) >= 11 is 0. The predicted molar refractivity (Wildman–Crippen MR) is 50.5 cm³/mol. The lowest BCUT2D eigenvalue weighted by atomic mass is 9.92. The highest BCUT2D eigenvalue weighted by atomic mass is 16.6. The van der Waals surface area contributed by atoms with E-state index < -0.39 is 6.10 Å². The lowest BCUT2D eigenvalue weighted by Crippen LogP contribution is -2.39. The molecule has 1 aliphatic rings. The van der Waals surface area contributed by atoms with Gasteiger partial charge in [-0.2, -0.15) is 0 Å². The Balaban J connectivity index is 2.64. The summed E-state index contributed by atoms with van der Waals surface area (Å²) in [5.74, 6) is 0. The summed E-state index contributed by atoms with van der Waals surface area (Å²) < 4.78 is 15.9. The molecule has 1 rings (SSSR count). The lowest BCUT2D eigenvalue weighted by Gasteiger charge is -2.23. The number of methoxy groups -OCH3 is 2. The monoisotopic (exact) mass is 188 g/mol. The quantitative estimate of drug-likeness (QED) is 0.562. The van der Waals surface area contributed by atoms with Crippen LogP contribution in [0.3, 0.4) is 0 Å². The van der Waals surface area contributed by atoms with Crippen molar-refractivity contribution in [1.29, 1.82) is 0 Å². The van der Waals surface area contributed by atoms with Crippen LogP contribution in [0.1, 0.15) is 6.92 Å². The predicted octanol–water partition coefficient (Wildman–Crippen LogP) is -1.24. The summed E-state index contributed by atoms with van der Waals surface area (Å²) in [6.45, 7) is 1.90. The first-order valence-corrected chi connectivity index (χ1v) is 4.51. The van der Waals surface area contributed by atoms with Crippen LogP contribution in [0.2, 0.25) is 0 Å². The van der Waals surface area contributed by atoms with Gasteiger partial charge in [0.15, 0.2) is 0 Å². The Kier molecular flexibility index (Phi) is 3.73. The van der Waals surface area contributed by atoms with E-state index >= 15 is 0 Å². The van der Waals surface area contributed by atoms with Crippen molar-refractivity contribution in [1.82, 2.24) is 0 Å². The highest BCUT2D eigenvalue weighted by molar-refractivity contribution is 6.11. The van der Waals surface area contributed by atoms with Crippen molar-refractivity contribution in [3.8, 4) is 0 Å². The van der Waals surface area contributed by atoms with E-state index in [0.717, 1.165) is 0 Å². The molecule has 5 heteroatoms. The molecule has 0 radical (unpaired) electrons. The summed E-state index contributed by atoms with van der Waals surface area (Å²) in [7, 11) is 5.03.